The number of carbonyl (C=O) groups is 2. The molecular formula is C8H15N2O9P. The van der Waals surface area contributed by atoms with Gasteiger partial charge >= 0.3 is 7.82 Å². The smallest absolute Gasteiger partial charge is 0.387 e. The summed E-state index contributed by atoms with van der Waals surface area (Å²) < 4.78 is 19.7. The van der Waals surface area contributed by atoms with Gasteiger partial charge in [0, 0.05) is 0 Å². The third kappa shape index (κ3) is 5.13. The summed E-state index contributed by atoms with van der Waals surface area (Å²) in [6.45, 7) is -1.02. The fraction of sp³-hybridized carbons (Fsp3) is 0.750. The molecule has 0 aromatic heterocycles. The van der Waals surface area contributed by atoms with Crippen LogP contribution in [0.15, 0.2) is 0 Å². The van der Waals surface area contributed by atoms with Crippen LogP contribution in [0.3, 0.4) is 0 Å². The molecule has 0 aliphatic carbocycles. The molecule has 11 nitrogen and oxygen atoms in total. The molecule has 2 amide bonds. The summed E-state index contributed by atoms with van der Waals surface area (Å²) in [6, 6.07) is 0. The van der Waals surface area contributed by atoms with Gasteiger partial charge in [-0.2, -0.15) is 0 Å². The molecule has 1 rings (SSSR count). The van der Waals surface area contributed by atoms with E-state index < -0.39 is 44.9 Å². The second kappa shape index (κ2) is 7.09. The molecule has 0 bridgehead atoms. The number of rotatable bonds is 7. The highest BCUT2D eigenvalue weighted by Crippen LogP contribution is 2.37. The van der Waals surface area contributed by atoms with E-state index in [1.165, 1.54) is 0 Å². The highest BCUT2D eigenvalue weighted by molar-refractivity contribution is 7.46. The van der Waals surface area contributed by atoms with Gasteiger partial charge in [-0.15, -0.1) is 0 Å². The highest BCUT2D eigenvalue weighted by Gasteiger charge is 2.44. The van der Waals surface area contributed by atoms with Crippen molar-refractivity contribution in [3.63, 3.8) is 0 Å². The number of aliphatic hydroxyl groups is 2. The molecular weight excluding hydrogens is 299 g/mol. The van der Waals surface area contributed by atoms with Gasteiger partial charge in [0.25, 0.3) is 0 Å². The zero-order chi connectivity index (χ0) is 15.3. The Hall–Kier alpha value is -1.07. The number of phosphoric acid groups is 1. The molecule has 1 aliphatic rings. The van der Waals surface area contributed by atoms with Gasteiger partial charge in [0.15, 0.2) is 6.23 Å². The predicted molar refractivity (Wildman–Crippen MR) is 60.9 cm³/mol. The Morgan fingerprint density at radius 2 is 2.00 bits per heavy atom. The van der Waals surface area contributed by atoms with E-state index >= 15 is 0 Å². The second-order valence-corrected chi connectivity index (χ2v) is 5.17. The first-order valence-electron chi connectivity index (χ1n) is 5.42. The molecule has 1 heterocycles. The van der Waals surface area contributed by atoms with E-state index in [1.807, 2.05) is 0 Å². The summed E-state index contributed by atoms with van der Waals surface area (Å²) in [6.07, 6.45) is -5.19. The van der Waals surface area contributed by atoms with E-state index in [-0.39, 0.29) is 6.54 Å². The number of ether oxygens (including phenoxy) is 1. The first-order valence-corrected chi connectivity index (χ1v) is 6.95. The minimum Gasteiger partial charge on any atom is -0.387 e. The van der Waals surface area contributed by atoms with Crippen LogP contribution in [0.2, 0.25) is 0 Å². The van der Waals surface area contributed by atoms with Crippen molar-refractivity contribution in [2.45, 2.75) is 24.5 Å². The molecule has 20 heavy (non-hydrogen) atoms. The lowest BCUT2D eigenvalue weighted by Gasteiger charge is -2.16. The van der Waals surface area contributed by atoms with E-state index in [9.17, 15) is 24.4 Å². The Morgan fingerprint density at radius 3 is 2.55 bits per heavy atom. The number of hydrogen-bond donors (Lipinski definition) is 6. The van der Waals surface area contributed by atoms with Crippen molar-refractivity contribution >= 4 is 20.1 Å². The highest BCUT2D eigenvalue weighted by atomic mass is 31.2. The molecule has 12 heteroatoms. The predicted octanol–water partition coefficient (Wildman–Crippen LogP) is -3.60. The lowest BCUT2D eigenvalue weighted by Crippen LogP contribution is -2.46. The summed E-state index contributed by atoms with van der Waals surface area (Å²) in [5, 5.41) is 23.4. The van der Waals surface area contributed by atoms with Crippen molar-refractivity contribution in [2.75, 3.05) is 13.2 Å². The van der Waals surface area contributed by atoms with Crippen molar-refractivity contribution in [3.05, 3.63) is 0 Å². The maximum atomic E-state index is 11.3. The number of phosphoric ester groups is 1. The average Bonchev–Trinajstić information content (AvgIpc) is 2.61. The Kier molecular flexibility index (Phi) is 6.02. The molecule has 1 fully saturated rings. The molecule has 0 spiro atoms. The monoisotopic (exact) mass is 314 g/mol. The molecule has 116 valence electrons. The zero-order valence-electron chi connectivity index (χ0n) is 10.1. The summed E-state index contributed by atoms with van der Waals surface area (Å²) in [5.41, 5.74) is 0. The molecule has 2 unspecified atom stereocenters. The summed E-state index contributed by atoms with van der Waals surface area (Å²) in [4.78, 5) is 38.3. The van der Waals surface area contributed by atoms with Gasteiger partial charge in [-0.1, -0.05) is 0 Å². The van der Waals surface area contributed by atoms with Crippen LogP contribution in [0, 0.1) is 0 Å². The van der Waals surface area contributed by atoms with Gasteiger partial charge in [-0.05, 0) is 0 Å². The molecule has 1 aliphatic heterocycles. The number of amides is 2. The molecule has 0 aromatic carbocycles. The Morgan fingerprint density at radius 1 is 1.35 bits per heavy atom. The van der Waals surface area contributed by atoms with E-state index in [1.54, 1.807) is 0 Å². The lowest BCUT2D eigenvalue weighted by atomic mass is 10.1. The minimum absolute atomic E-state index is 0.303. The Balaban J connectivity index is 2.49. The van der Waals surface area contributed by atoms with Gasteiger partial charge in [0.2, 0.25) is 12.3 Å². The van der Waals surface area contributed by atoms with Gasteiger partial charge in [-0.3, -0.25) is 14.1 Å². The standard InChI is InChI=1S/C8H15N2O9P/c11-3-9-1-5(12)10-8-7(14)6(13)4(19-8)2-18-20(15,16)17/h3-4,6-8,13-14H,1-2H2,(H,9,11)(H,10,12)(H2,15,16,17)/t4-,6?,7?,8-/m1/s1. The first-order chi connectivity index (χ1) is 9.24. The van der Waals surface area contributed by atoms with Gasteiger partial charge in [0.1, 0.15) is 18.3 Å². The topological polar surface area (TPSA) is 175 Å². The van der Waals surface area contributed by atoms with E-state index in [4.69, 9.17) is 14.5 Å². The SMILES string of the molecule is O=CNCC(=O)N[C@@H]1O[C@H](COP(=O)(O)O)C(O)C1O. The second-order valence-electron chi connectivity index (χ2n) is 3.93. The zero-order valence-corrected chi connectivity index (χ0v) is 11.0. The Bertz CT molecular complexity index is 399. The van der Waals surface area contributed by atoms with Crippen LogP contribution in [0.5, 0.6) is 0 Å². The third-order valence-corrected chi connectivity index (χ3v) is 2.90. The molecule has 4 atom stereocenters. The van der Waals surface area contributed by atoms with Crippen molar-refractivity contribution in [1.82, 2.24) is 10.6 Å². The maximum absolute atomic E-state index is 11.3. The normalized spacial score (nSPS) is 30.0. The average molecular weight is 314 g/mol. The fourth-order valence-corrected chi connectivity index (χ4v) is 1.86. The van der Waals surface area contributed by atoms with Crippen LogP contribution in [0.4, 0.5) is 0 Å². The lowest BCUT2D eigenvalue weighted by molar-refractivity contribution is -0.127. The first kappa shape index (κ1) is 17.0. The number of hydrogen-bond acceptors (Lipinski definition) is 7. The van der Waals surface area contributed by atoms with Crippen molar-refractivity contribution in [1.29, 1.82) is 0 Å². The van der Waals surface area contributed by atoms with Gasteiger partial charge in [0.05, 0.1) is 13.2 Å². The molecule has 0 radical (unpaired) electrons. The van der Waals surface area contributed by atoms with Crippen LogP contribution in [-0.2, 0) is 23.4 Å². The molecule has 1 saturated heterocycles. The van der Waals surface area contributed by atoms with Crippen LogP contribution in [0.1, 0.15) is 0 Å². The van der Waals surface area contributed by atoms with Crippen molar-refractivity contribution in [3.8, 4) is 0 Å². The van der Waals surface area contributed by atoms with Gasteiger partial charge < -0.3 is 35.4 Å². The van der Waals surface area contributed by atoms with Crippen LogP contribution in [0.25, 0.3) is 0 Å². The minimum atomic E-state index is -4.74. The maximum Gasteiger partial charge on any atom is 0.469 e. The number of nitrogens with one attached hydrogen (secondary N) is 2. The molecule has 0 saturated carbocycles. The molecule has 0 aromatic rings. The summed E-state index contributed by atoms with van der Waals surface area (Å²) in [5.74, 6) is -0.676. The van der Waals surface area contributed by atoms with Crippen LogP contribution in [-0.4, -0.2) is 70.0 Å². The van der Waals surface area contributed by atoms with Gasteiger partial charge in [-0.25, -0.2) is 4.57 Å². The summed E-state index contributed by atoms with van der Waals surface area (Å²) >= 11 is 0. The number of aliphatic hydroxyl groups excluding tert-OH is 2. The van der Waals surface area contributed by atoms with Crippen molar-refractivity contribution in [2.24, 2.45) is 0 Å². The largest absolute Gasteiger partial charge is 0.469 e. The van der Waals surface area contributed by atoms with Crippen molar-refractivity contribution < 1.29 is 43.4 Å². The number of carbonyl (C=O) groups excluding carboxylic acids is 2. The van der Waals surface area contributed by atoms with E-state index in [0.29, 0.717) is 6.41 Å². The quantitative estimate of drug-likeness (QED) is 0.205. The van der Waals surface area contributed by atoms with E-state index in [0.717, 1.165) is 0 Å². The van der Waals surface area contributed by atoms with E-state index in [2.05, 4.69) is 15.2 Å². The van der Waals surface area contributed by atoms with Crippen LogP contribution >= 0.6 is 7.82 Å². The van der Waals surface area contributed by atoms with Crippen LogP contribution < -0.4 is 10.6 Å². The fourth-order valence-electron chi connectivity index (χ4n) is 1.52. The summed E-state index contributed by atoms with van der Waals surface area (Å²) in [7, 11) is -4.74. The third-order valence-electron chi connectivity index (χ3n) is 2.42. The Labute approximate surface area is 113 Å². The molecule has 6 N–H and O–H groups in total.